The number of amides is 2. The summed E-state index contributed by atoms with van der Waals surface area (Å²) in [7, 11) is -4.11. The third-order valence-electron chi connectivity index (χ3n) is 2.63. The zero-order valence-corrected chi connectivity index (χ0v) is 15.0. The minimum absolute atomic E-state index is 0.112. The van der Waals surface area contributed by atoms with E-state index in [0.717, 1.165) is 0 Å². The van der Waals surface area contributed by atoms with Crippen LogP contribution < -0.4 is 11.1 Å². The molecule has 0 aliphatic carbocycles. The lowest BCUT2D eigenvalue weighted by Crippen LogP contribution is -2.37. The summed E-state index contributed by atoms with van der Waals surface area (Å²) in [5, 5.41) is 8.89. The highest BCUT2D eigenvalue weighted by molar-refractivity contribution is 7.91. The number of carbonyl (C=O) groups is 2. The Morgan fingerprint density at radius 2 is 1.88 bits per heavy atom. The second-order valence-corrected chi connectivity index (χ2v) is 8.37. The number of nitrogens with one attached hydrogen (secondary N) is 1. The maximum atomic E-state index is 11.9. The summed E-state index contributed by atoms with van der Waals surface area (Å²) in [5.41, 5.74) is 4.18. The Bertz CT molecular complexity index is 704. The number of hydrogen-bond donors (Lipinski definition) is 2. The van der Waals surface area contributed by atoms with Gasteiger partial charge in [-0.15, -0.1) is 5.10 Å². The summed E-state index contributed by atoms with van der Waals surface area (Å²) in [6.45, 7) is 8.65. The Kier molecular flexibility index (Phi) is 5.93. The molecule has 0 spiro atoms. The number of primary amides is 1. The van der Waals surface area contributed by atoms with Crippen LogP contribution in [0.3, 0.4) is 0 Å². The summed E-state index contributed by atoms with van der Waals surface area (Å²) in [5.74, 6) is -2.29. The molecule has 1 heterocycles. The van der Waals surface area contributed by atoms with Gasteiger partial charge in [0.25, 0.3) is 0 Å². The van der Waals surface area contributed by atoms with Gasteiger partial charge in [0.1, 0.15) is 17.4 Å². The van der Waals surface area contributed by atoms with E-state index in [9.17, 15) is 18.0 Å². The van der Waals surface area contributed by atoms with E-state index in [1.165, 1.54) is 0 Å². The number of sulfone groups is 1. The standard InChI is InChI=1S/C13H22N4O6S/c1-7(2)9(15-11(19)23-13(3,4)5)10-16-17-12(22-10)24(20,21)6-8(14)18/h7,9H,6H2,1-5H3,(H2,14,18)(H,15,19). The molecule has 1 unspecified atom stereocenters. The summed E-state index contributed by atoms with van der Waals surface area (Å²) in [6, 6.07) is -0.759. The van der Waals surface area contributed by atoms with Crippen molar-refractivity contribution < 1.29 is 27.2 Å². The van der Waals surface area contributed by atoms with Crippen molar-refractivity contribution in [3.05, 3.63) is 5.89 Å². The molecule has 1 aromatic heterocycles. The molecule has 1 aromatic rings. The van der Waals surface area contributed by atoms with Crippen molar-refractivity contribution in [1.82, 2.24) is 15.5 Å². The largest absolute Gasteiger partial charge is 0.444 e. The number of nitrogens with two attached hydrogens (primary N) is 1. The number of ether oxygens (including phenoxy) is 1. The van der Waals surface area contributed by atoms with Crippen LogP contribution in [0, 0.1) is 5.92 Å². The van der Waals surface area contributed by atoms with Gasteiger partial charge in [0.2, 0.25) is 21.6 Å². The molecule has 0 fully saturated rings. The Balaban J connectivity index is 3.00. The fourth-order valence-corrected chi connectivity index (χ4v) is 2.54. The Morgan fingerprint density at radius 1 is 1.29 bits per heavy atom. The first-order valence-corrected chi connectivity index (χ1v) is 8.81. The van der Waals surface area contributed by atoms with Crippen molar-refractivity contribution in [2.24, 2.45) is 11.7 Å². The summed E-state index contributed by atoms with van der Waals surface area (Å²) < 4.78 is 34.0. The maximum Gasteiger partial charge on any atom is 0.408 e. The van der Waals surface area contributed by atoms with Crippen LogP contribution in [0.25, 0.3) is 0 Å². The van der Waals surface area contributed by atoms with Crippen molar-refractivity contribution in [1.29, 1.82) is 0 Å². The van der Waals surface area contributed by atoms with E-state index >= 15 is 0 Å². The fraction of sp³-hybridized carbons (Fsp3) is 0.692. The van der Waals surface area contributed by atoms with Crippen LogP contribution in [0.2, 0.25) is 0 Å². The average molecular weight is 362 g/mol. The van der Waals surface area contributed by atoms with E-state index in [4.69, 9.17) is 14.9 Å². The number of nitrogens with zero attached hydrogens (tertiary/aromatic N) is 2. The third kappa shape index (κ3) is 5.80. The summed E-state index contributed by atoms with van der Waals surface area (Å²) in [6.07, 6.45) is -0.707. The van der Waals surface area contributed by atoms with Crippen LogP contribution in [-0.2, 0) is 19.4 Å². The fourth-order valence-electron chi connectivity index (χ4n) is 1.67. The Labute approximate surface area is 140 Å². The van der Waals surface area contributed by atoms with Crippen LogP contribution in [0.1, 0.15) is 46.6 Å². The molecule has 10 nitrogen and oxygen atoms in total. The monoisotopic (exact) mass is 362 g/mol. The highest BCUT2D eigenvalue weighted by Gasteiger charge is 2.30. The average Bonchev–Trinajstić information content (AvgIpc) is 2.81. The second-order valence-electron chi connectivity index (χ2n) is 6.50. The van der Waals surface area contributed by atoms with Gasteiger partial charge in [-0.05, 0) is 26.7 Å². The van der Waals surface area contributed by atoms with Gasteiger partial charge < -0.3 is 20.2 Å². The Hall–Kier alpha value is -2.17. The molecular formula is C13H22N4O6S. The molecule has 0 bridgehead atoms. The normalized spacial score (nSPS) is 13.6. The topological polar surface area (TPSA) is 154 Å². The SMILES string of the molecule is CC(C)C(NC(=O)OC(C)(C)C)c1nnc(S(=O)(=O)CC(N)=O)o1. The number of rotatable bonds is 6. The molecule has 2 amide bonds. The Morgan fingerprint density at radius 3 is 2.33 bits per heavy atom. The zero-order valence-electron chi connectivity index (χ0n) is 14.2. The molecule has 0 aliphatic heterocycles. The number of aromatic nitrogens is 2. The van der Waals surface area contributed by atoms with Crippen molar-refractivity contribution >= 4 is 21.8 Å². The van der Waals surface area contributed by atoms with E-state index < -0.39 is 44.5 Å². The van der Waals surface area contributed by atoms with Gasteiger partial charge in [0, 0.05) is 0 Å². The first kappa shape index (κ1) is 19.9. The highest BCUT2D eigenvalue weighted by atomic mass is 32.2. The maximum absolute atomic E-state index is 11.9. The minimum atomic E-state index is -4.11. The second kappa shape index (κ2) is 7.16. The number of alkyl carbamates (subject to hydrolysis) is 1. The van der Waals surface area contributed by atoms with Crippen LogP contribution in [0.4, 0.5) is 4.79 Å². The highest BCUT2D eigenvalue weighted by Crippen LogP contribution is 2.23. The number of carbonyl (C=O) groups excluding carboxylic acids is 2. The lowest BCUT2D eigenvalue weighted by atomic mass is 10.1. The smallest absolute Gasteiger partial charge is 0.408 e. The van der Waals surface area contributed by atoms with Crippen molar-refractivity contribution in [2.45, 2.75) is 51.5 Å². The molecule has 0 saturated carbocycles. The first-order chi connectivity index (χ1) is 10.8. The van der Waals surface area contributed by atoms with E-state index in [1.807, 2.05) is 0 Å². The van der Waals surface area contributed by atoms with Crippen LogP contribution in [0.15, 0.2) is 9.64 Å². The van der Waals surface area contributed by atoms with Gasteiger partial charge in [0.05, 0.1) is 0 Å². The molecule has 0 aliphatic rings. The molecule has 3 N–H and O–H groups in total. The molecule has 11 heteroatoms. The van der Waals surface area contributed by atoms with E-state index in [0.29, 0.717) is 0 Å². The van der Waals surface area contributed by atoms with Crippen molar-refractivity contribution in [3.8, 4) is 0 Å². The molecule has 0 aromatic carbocycles. The van der Waals surface area contributed by atoms with Crippen molar-refractivity contribution in [2.75, 3.05) is 5.75 Å². The minimum Gasteiger partial charge on any atom is -0.444 e. The van der Waals surface area contributed by atoms with E-state index in [1.54, 1.807) is 34.6 Å². The number of hydrogen-bond acceptors (Lipinski definition) is 8. The first-order valence-electron chi connectivity index (χ1n) is 7.16. The zero-order chi connectivity index (χ0) is 18.7. The van der Waals surface area contributed by atoms with Crippen LogP contribution >= 0.6 is 0 Å². The van der Waals surface area contributed by atoms with E-state index in [-0.39, 0.29) is 11.8 Å². The van der Waals surface area contributed by atoms with E-state index in [2.05, 4.69) is 15.5 Å². The lowest BCUT2D eigenvalue weighted by Gasteiger charge is -2.23. The predicted molar refractivity (Wildman–Crippen MR) is 82.5 cm³/mol. The van der Waals surface area contributed by atoms with Gasteiger partial charge >= 0.3 is 11.3 Å². The van der Waals surface area contributed by atoms with Gasteiger partial charge in [0.15, 0.2) is 0 Å². The molecular weight excluding hydrogens is 340 g/mol. The predicted octanol–water partition coefficient (Wildman–Crippen LogP) is 0.550. The van der Waals surface area contributed by atoms with Gasteiger partial charge in [-0.1, -0.05) is 18.9 Å². The molecule has 1 atom stereocenters. The van der Waals surface area contributed by atoms with Crippen LogP contribution in [0.5, 0.6) is 0 Å². The molecule has 0 saturated heterocycles. The van der Waals surface area contributed by atoms with Gasteiger partial charge in [-0.3, -0.25) is 4.79 Å². The van der Waals surface area contributed by atoms with Gasteiger partial charge in [-0.2, -0.15) is 0 Å². The summed E-state index contributed by atoms with van der Waals surface area (Å²) in [4.78, 5) is 22.7. The lowest BCUT2D eigenvalue weighted by molar-refractivity contribution is -0.115. The quantitative estimate of drug-likeness (QED) is 0.743. The van der Waals surface area contributed by atoms with Crippen molar-refractivity contribution in [3.63, 3.8) is 0 Å². The van der Waals surface area contributed by atoms with Gasteiger partial charge in [-0.25, -0.2) is 13.2 Å². The molecule has 1 rings (SSSR count). The molecule has 0 radical (unpaired) electrons. The molecule has 24 heavy (non-hydrogen) atoms. The van der Waals surface area contributed by atoms with Crippen LogP contribution in [-0.4, -0.2) is 42.0 Å². The molecule has 136 valence electrons. The summed E-state index contributed by atoms with van der Waals surface area (Å²) >= 11 is 0. The third-order valence-corrected chi connectivity index (χ3v) is 3.99.